The van der Waals surface area contributed by atoms with E-state index >= 15 is 0 Å². The van der Waals surface area contributed by atoms with Crippen LogP contribution in [0.4, 0.5) is 13.2 Å². The molecule has 0 saturated carbocycles. The molecule has 0 aliphatic carbocycles. The second-order valence-electron chi connectivity index (χ2n) is 5.34. The quantitative estimate of drug-likeness (QED) is 0.843. The van der Waals surface area contributed by atoms with Crippen LogP contribution in [0.25, 0.3) is 0 Å². The Morgan fingerprint density at radius 1 is 1.59 bits per heavy atom. The molecule has 1 aliphatic heterocycles. The van der Waals surface area contributed by atoms with Crippen LogP contribution in [-0.2, 0) is 22.2 Å². The number of nitrogens with one attached hydrogen (secondary N) is 1. The summed E-state index contributed by atoms with van der Waals surface area (Å²) in [5.41, 5.74) is -3.33. The van der Waals surface area contributed by atoms with Gasteiger partial charge >= 0.3 is 6.18 Å². The van der Waals surface area contributed by atoms with Crippen molar-refractivity contribution in [3.8, 4) is 0 Å². The first kappa shape index (κ1) is 16.8. The van der Waals surface area contributed by atoms with Crippen molar-refractivity contribution >= 4 is 5.91 Å². The number of halogens is 3. The van der Waals surface area contributed by atoms with E-state index in [2.05, 4.69) is 10.3 Å². The summed E-state index contributed by atoms with van der Waals surface area (Å²) in [4.78, 5) is 15.3. The molecule has 9 heteroatoms. The Morgan fingerprint density at radius 3 is 2.82 bits per heavy atom. The van der Waals surface area contributed by atoms with Crippen molar-refractivity contribution in [1.82, 2.24) is 14.9 Å². The van der Waals surface area contributed by atoms with Crippen LogP contribution in [0.15, 0.2) is 12.4 Å². The first-order valence-corrected chi connectivity index (χ1v) is 6.89. The van der Waals surface area contributed by atoms with Gasteiger partial charge in [-0.1, -0.05) is 0 Å². The van der Waals surface area contributed by atoms with Crippen LogP contribution in [-0.4, -0.2) is 46.0 Å². The van der Waals surface area contributed by atoms with Crippen molar-refractivity contribution in [3.05, 3.63) is 18.2 Å². The number of imidazole rings is 1. The number of hydrogen-bond acceptors (Lipinski definition) is 4. The van der Waals surface area contributed by atoms with E-state index in [1.54, 1.807) is 0 Å². The van der Waals surface area contributed by atoms with Crippen LogP contribution >= 0.6 is 0 Å². The van der Waals surface area contributed by atoms with Crippen molar-refractivity contribution in [3.63, 3.8) is 0 Å². The number of alkyl halides is 3. The Morgan fingerprint density at radius 2 is 2.32 bits per heavy atom. The van der Waals surface area contributed by atoms with Crippen LogP contribution in [0.1, 0.15) is 25.1 Å². The molecule has 1 aromatic heterocycles. The summed E-state index contributed by atoms with van der Waals surface area (Å²) in [6, 6.07) is 0. The van der Waals surface area contributed by atoms with Gasteiger partial charge in [0.05, 0.1) is 12.5 Å². The van der Waals surface area contributed by atoms with Gasteiger partial charge in [-0.25, -0.2) is 4.98 Å². The predicted octanol–water partition coefficient (Wildman–Crippen LogP) is 0.855. The lowest BCUT2D eigenvalue weighted by Gasteiger charge is -2.29. The number of nitrogens with zero attached hydrogens (tertiary/aromatic N) is 2. The van der Waals surface area contributed by atoms with E-state index in [4.69, 9.17) is 4.74 Å². The smallest absolute Gasteiger partial charge is 0.376 e. The monoisotopic (exact) mass is 321 g/mol. The Kier molecular flexibility index (Phi) is 4.76. The number of carbonyl (C=O) groups excluding carboxylic acids is 1. The van der Waals surface area contributed by atoms with E-state index in [1.807, 2.05) is 0 Å². The lowest BCUT2D eigenvalue weighted by Crippen LogP contribution is -2.48. The van der Waals surface area contributed by atoms with Gasteiger partial charge in [-0.3, -0.25) is 4.79 Å². The molecule has 1 amide bonds. The van der Waals surface area contributed by atoms with E-state index in [0.717, 1.165) is 23.6 Å². The van der Waals surface area contributed by atoms with E-state index in [0.29, 0.717) is 6.61 Å². The van der Waals surface area contributed by atoms with Gasteiger partial charge in [0.25, 0.3) is 0 Å². The first-order valence-electron chi connectivity index (χ1n) is 6.89. The number of aryl methyl sites for hydroxylation is 1. The zero-order chi connectivity index (χ0) is 16.4. The molecule has 2 N–H and O–H groups in total. The molecule has 2 rings (SSSR count). The van der Waals surface area contributed by atoms with E-state index in [-0.39, 0.29) is 12.6 Å². The molecule has 2 atom stereocenters. The number of aromatic nitrogens is 2. The second kappa shape index (κ2) is 6.25. The molecule has 1 aliphatic rings. The normalized spacial score (nSPS) is 21.6. The lowest BCUT2D eigenvalue weighted by atomic mass is 9.97. The maximum atomic E-state index is 13.2. The summed E-state index contributed by atoms with van der Waals surface area (Å²) in [6.45, 7) is 0.716. The van der Waals surface area contributed by atoms with Gasteiger partial charge in [0.15, 0.2) is 5.82 Å². The highest BCUT2D eigenvalue weighted by Gasteiger charge is 2.58. The maximum Gasteiger partial charge on any atom is 0.425 e. The zero-order valence-corrected chi connectivity index (χ0v) is 12.1. The second-order valence-corrected chi connectivity index (χ2v) is 5.34. The molecule has 1 saturated heterocycles. The minimum Gasteiger partial charge on any atom is -0.376 e. The van der Waals surface area contributed by atoms with Crippen molar-refractivity contribution < 1.29 is 27.8 Å². The summed E-state index contributed by atoms with van der Waals surface area (Å²) in [6.07, 6.45) is -2.33. The maximum absolute atomic E-state index is 13.2. The molecule has 0 aromatic carbocycles. The van der Waals surface area contributed by atoms with Gasteiger partial charge < -0.3 is 19.7 Å². The van der Waals surface area contributed by atoms with Crippen LogP contribution in [0, 0.1) is 0 Å². The highest BCUT2D eigenvalue weighted by atomic mass is 19.4. The predicted molar refractivity (Wildman–Crippen MR) is 69.8 cm³/mol. The number of aliphatic hydroxyl groups is 1. The molecule has 0 bridgehead atoms. The highest BCUT2D eigenvalue weighted by Crippen LogP contribution is 2.40. The Hall–Kier alpha value is -1.61. The molecular weight excluding hydrogens is 303 g/mol. The minimum absolute atomic E-state index is 0.132. The topological polar surface area (TPSA) is 76.4 Å². The zero-order valence-electron chi connectivity index (χ0n) is 12.1. The van der Waals surface area contributed by atoms with E-state index in [9.17, 15) is 23.1 Å². The van der Waals surface area contributed by atoms with Crippen LogP contribution < -0.4 is 5.32 Å². The van der Waals surface area contributed by atoms with Crippen LogP contribution in [0.5, 0.6) is 0 Å². The van der Waals surface area contributed by atoms with Gasteiger partial charge in [-0.05, 0) is 12.8 Å². The third-order valence-corrected chi connectivity index (χ3v) is 3.63. The van der Waals surface area contributed by atoms with Crippen LogP contribution in [0.3, 0.4) is 0 Å². The summed E-state index contributed by atoms with van der Waals surface area (Å²) in [5.74, 6) is -1.52. The molecule has 2 unspecified atom stereocenters. The molecule has 1 fully saturated rings. The van der Waals surface area contributed by atoms with Gasteiger partial charge in [0, 0.05) is 32.6 Å². The fraction of sp³-hybridized carbons (Fsp3) is 0.692. The Labute approximate surface area is 125 Å². The van der Waals surface area contributed by atoms with Gasteiger partial charge in [-0.15, -0.1) is 0 Å². The number of carbonyl (C=O) groups is 1. The summed E-state index contributed by atoms with van der Waals surface area (Å²) in [5, 5.41) is 12.4. The van der Waals surface area contributed by atoms with Crippen molar-refractivity contribution in [1.29, 1.82) is 0 Å². The standard InChI is InChI=1S/C13H18F3N3O3/c1-19-5-4-17-11(19)12(21,13(14,15)16)7-10(20)18-8-9-3-2-6-22-9/h4-5,9,21H,2-3,6-8H2,1H3,(H,18,20). The third kappa shape index (κ3) is 3.41. The number of hydrogen-bond donors (Lipinski definition) is 2. The largest absolute Gasteiger partial charge is 0.425 e. The fourth-order valence-electron chi connectivity index (χ4n) is 2.40. The van der Waals surface area contributed by atoms with Crippen LogP contribution in [0.2, 0.25) is 0 Å². The molecule has 22 heavy (non-hydrogen) atoms. The van der Waals surface area contributed by atoms with E-state index in [1.165, 1.54) is 13.2 Å². The fourth-order valence-corrected chi connectivity index (χ4v) is 2.40. The molecule has 2 heterocycles. The van der Waals surface area contributed by atoms with Crippen molar-refractivity contribution in [2.75, 3.05) is 13.2 Å². The molecular formula is C13H18F3N3O3. The number of ether oxygens (including phenoxy) is 1. The summed E-state index contributed by atoms with van der Waals surface area (Å²) >= 11 is 0. The minimum atomic E-state index is -5.02. The molecule has 124 valence electrons. The summed E-state index contributed by atoms with van der Waals surface area (Å²) in [7, 11) is 1.32. The average molecular weight is 321 g/mol. The van der Waals surface area contributed by atoms with Crippen molar-refractivity contribution in [2.24, 2.45) is 7.05 Å². The van der Waals surface area contributed by atoms with E-state index < -0.39 is 29.9 Å². The van der Waals surface area contributed by atoms with Gasteiger partial charge in [0.2, 0.25) is 11.5 Å². The first-order chi connectivity index (χ1) is 10.2. The number of amides is 1. The number of rotatable bonds is 5. The molecule has 6 nitrogen and oxygen atoms in total. The lowest BCUT2D eigenvalue weighted by molar-refractivity contribution is -0.271. The molecule has 1 aromatic rings. The Bertz CT molecular complexity index is 526. The summed E-state index contributed by atoms with van der Waals surface area (Å²) < 4.78 is 46.0. The molecule has 0 radical (unpaired) electrons. The van der Waals surface area contributed by atoms with Crippen molar-refractivity contribution in [2.45, 2.75) is 37.1 Å². The highest BCUT2D eigenvalue weighted by molar-refractivity contribution is 5.77. The van der Waals surface area contributed by atoms with Gasteiger partial charge in [0.1, 0.15) is 0 Å². The SMILES string of the molecule is Cn1ccnc1C(O)(CC(=O)NCC1CCCO1)C(F)(F)F. The third-order valence-electron chi connectivity index (χ3n) is 3.63. The van der Waals surface area contributed by atoms with Gasteiger partial charge in [-0.2, -0.15) is 13.2 Å². The Balaban J connectivity index is 2.07. The average Bonchev–Trinajstić information content (AvgIpc) is 3.06. The molecule has 0 spiro atoms.